The van der Waals surface area contributed by atoms with Crippen LogP contribution in [-0.2, 0) is 11.2 Å². The molecule has 0 radical (unpaired) electrons. The highest BCUT2D eigenvalue weighted by atomic mass is 32.2. The summed E-state index contributed by atoms with van der Waals surface area (Å²) in [6.07, 6.45) is 0.954. The smallest absolute Gasteiger partial charge is 0.313 e. The Kier molecular flexibility index (Phi) is 3.27. The zero-order valence-corrected chi connectivity index (χ0v) is 11.6. The van der Waals surface area contributed by atoms with Crippen molar-refractivity contribution in [3.05, 3.63) is 23.8 Å². The zero-order valence-electron chi connectivity index (χ0n) is 10.8. The van der Waals surface area contributed by atoms with Gasteiger partial charge in [-0.3, -0.25) is 4.79 Å². The zero-order chi connectivity index (χ0) is 14.1. The van der Waals surface area contributed by atoms with Crippen molar-refractivity contribution in [2.75, 3.05) is 5.75 Å². The molecule has 0 aliphatic heterocycles. The minimum atomic E-state index is -0.900. The van der Waals surface area contributed by atoms with E-state index in [4.69, 9.17) is 5.11 Å². The van der Waals surface area contributed by atoms with Gasteiger partial charge < -0.3 is 10.1 Å². The third kappa shape index (κ3) is 2.32. The Morgan fingerprint density at radius 3 is 3.00 bits per heavy atom. The number of thioether (sulfide) groups is 1. The number of benzene rings is 1. The van der Waals surface area contributed by atoms with Crippen molar-refractivity contribution < 1.29 is 9.90 Å². The molecule has 6 nitrogen and oxygen atoms in total. The van der Waals surface area contributed by atoms with Gasteiger partial charge in [0.1, 0.15) is 5.52 Å². The van der Waals surface area contributed by atoms with Gasteiger partial charge in [-0.1, -0.05) is 24.8 Å². The third-order valence-electron chi connectivity index (χ3n) is 2.99. The number of carboxylic acids is 1. The van der Waals surface area contributed by atoms with Crippen LogP contribution >= 0.6 is 11.8 Å². The first-order valence-electron chi connectivity index (χ1n) is 6.17. The SMILES string of the molecule is CCc1ccc2[nH]c3nc(SCC(=O)O)nnc3c2c1. The monoisotopic (exact) mass is 288 g/mol. The molecule has 2 aromatic heterocycles. The van der Waals surface area contributed by atoms with E-state index in [0.29, 0.717) is 10.8 Å². The quantitative estimate of drug-likeness (QED) is 0.715. The van der Waals surface area contributed by atoms with Crippen LogP contribution in [0.5, 0.6) is 0 Å². The van der Waals surface area contributed by atoms with Crippen molar-refractivity contribution in [1.82, 2.24) is 20.2 Å². The maximum Gasteiger partial charge on any atom is 0.313 e. The van der Waals surface area contributed by atoms with Crippen LogP contribution < -0.4 is 0 Å². The number of rotatable bonds is 4. The van der Waals surface area contributed by atoms with Gasteiger partial charge in [0.25, 0.3) is 0 Å². The molecule has 0 saturated carbocycles. The Bertz CT molecular complexity index is 800. The van der Waals surface area contributed by atoms with Crippen LogP contribution in [0.25, 0.3) is 22.1 Å². The number of hydrogen-bond acceptors (Lipinski definition) is 5. The fourth-order valence-corrected chi connectivity index (χ4v) is 2.52. The molecule has 20 heavy (non-hydrogen) atoms. The minimum absolute atomic E-state index is 0.0760. The summed E-state index contributed by atoms with van der Waals surface area (Å²) in [5, 5.41) is 18.2. The Labute approximate surface area is 118 Å². The van der Waals surface area contributed by atoms with E-state index >= 15 is 0 Å². The van der Waals surface area contributed by atoms with Crippen molar-refractivity contribution in [2.24, 2.45) is 0 Å². The van der Waals surface area contributed by atoms with Crippen LogP contribution in [0.4, 0.5) is 0 Å². The Morgan fingerprint density at radius 2 is 2.25 bits per heavy atom. The molecule has 0 spiro atoms. The fourth-order valence-electron chi connectivity index (χ4n) is 2.01. The van der Waals surface area contributed by atoms with Crippen LogP contribution in [0.1, 0.15) is 12.5 Å². The molecule has 0 bridgehead atoms. The highest BCUT2D eigenvalue weighted by Gasteiger charge is 2.10. The standard InChI is InChI=1S/C13H12N4O2S/c1-2-7-3-4-9-8(5-7)11-12(14-9)15-13(17-16-11)20-6-10(18)19/h3-5H,2,6H2,1H3,(H,18,19)(H,14,15,17). The molecule has 0 aliphatic carbocycles. The number of aliphatic carboxylic acids is 1. The number of carbonyl (C=O) groups is 1. The van der Waals surface area contributed by atoms with E-state index in [0.717, 1.165) is 34.6 Å². The summed E-state index contributed by atoms with van der Waals surface area (Å²) in [4.78, 5) is 18.0. The summed E-state index contributed by atoms with van der Waals surface area (Å²) >= 11 is 1.06. The summed E-state index contributed by atoms with van der Waals surface area (Å²) in [6, 6.07) is 6.14. The highest BCUT2D eigenvalue weighted by Crippen LogP contribution is 2.24. The van der Waals surface area contributed by atoms with Gasteiger partial charge in [-0.15, -0.1) is 10.2 Å². The Balaban J connectivity index is 2.06. The van der Waals surface area contributed by atoms with Crippen LogP contribution in [0.3, 0.4) is 0 Å². The Hall–Kier alpha value is -2.15. The molecule has 102 valence electrons. The average Bonchev–Trinajstić information content (AvgIpc) is 2.81. The van der Waals surface area contributed by atoms with Gasteiger partial charge in [0.15, 0.2) is 5.65 Å². The first-order valence-corrected chi connectivity index (χ1v) is 7.15. The molecule has 0 aliphatic rings. The summed E-state index contributed by atoms with van der Waals surface area (Å²) < 4.78 is 0. The number of H-pyrrole nitrogens is 1. The van der Waals surface area contributed by atoms with Gasteiger partial charge in [-0.05, 0) is 24.1 Å². The number of carboxylic acid groups (broad SMARTS) is 1. The number of aromatic nitrogens is 4. The predicted molar refractivity (Wildman–Crippen MR) is 76.9 cm³/mol. The lowest BCUT2D eigenvalue weighted by atomic mass is 10.1. The molecular formula is C13H12N4O2S. The second-order valence-electron chi connectivity index (χ2n) is 4.33. The van der Waals surface area contributed by atoms with Crippen LogP contribution in [0.2, 0.25) is 0 Å². The molecule has 1 aromatic carbocycles. The van der Waals surface area contributed by atoms with E-state index in [1.54, 1.807) is 0 Å². The summed E-state index contributed by atoms with van der Waals surface area (Å²) in [6.45, 7) is 2.10. The van der Waals surface area contributed by atoms with Crippen LogP contribution in [-0.4, -0.2) is 37.0 Å². The number of fused-ring (bicyclic) bond motifs is 3. The van der Waals surface area contributed by atoms with E-state index in [1.807, 2.05) is 6.07 Å². The van der Waals surface area contributed by atoms with E-state index in [9.17, 15) is 4.79 Å². The van der Waals surface area contributed by atoms with Gasteiger partial charge >= 0.3 is 5.97 Å². The number of aryl methyl sites for hydroxylation is 1. The van der Waals surface area contributed by atoms with Gasteiger partial charge in [-0.2, -0.15) is 0 Å². The van der Waals surface area contributed by atoms with E-state index in [-0.39, 0.29) is 5.75 Å². The van der Waals surface area contributed by atoms with Crippen molar-refractivity contribution in [1.29, 1.82) is 0 Å². The number of nitrogens with zero attached hydrogens (tertiary/aromatic N) is 3. The van der Waals surface area contributed by atoms with Crippen molar-refractivity contribution in [3.8, 4) is 0 Å². The molecule has 2 N–H and O–H groups in total. The van der Waals surface area contributed by atoms with E-state index in [1.165, 1.54) is 5.56 Å². The maximum atomic E-state index is 10.5. The van der Waals surface area contributed by atoms with Crippen molar-refractivity contribution in [3.63, 3.8) is 0 Å². The van der Waals surface area contributed by atoms with Crippen LogP contribution in [0.15, 0.2) is 23.4 Å². The third-order valence-corrected chi connectivity index (χ3v) is 3.81. The minimum Gasteiger partial charge on any atom is -0.481 e. The number of aromatic amines is 1. The lowest BCUT2D eigenvalue weighted by Crippen LogP contribution is -2.00. The summed E-state index contributed by atoms with van der Waals surface area (Å²) in [5.41, 5.74) is 3.54. The molecule has 0 fully saturated rings. The van der Waals surface area contributed by atoms with Gasteiger partial charge in [-0.25, -0.2) is 4.98 Å². The summed E-state index contributed by atoms with van der Waals surface area (Å²) in [5.74, 6) is -0.976. The molecule has 0 atom stereocenters. The average molecular weight is 288 g/mol. The Morgan fingerprint density at radius 1 is 1.40 bits per heavy atom. The molecule has 0 saturated heterocycles. The fraction of sp³-hybridized carbons (Fsp3) is 0.231. The highest BCUT2D eigenvalue weighted by molar-refractivity contribution is 7.99. The van der Waals surface area contributed by atoms with E-state index in [2.05, 4.69) is 39.2 Å². The molecular weight excluding hydrogens is 276 g/mol. The number of nitrogens with one attached hydrogen (secondary N) is 1. The molecule has 0 amide bonds. The molecule has 0 unspecified atom stereocenters. The molecule has 7 heteroatoms. The predicted octanol–water partition coefficient (Wildman–Crippen LogP) is 2.25. The van der Waals surface area contributed by atoms with Crippen molar-refractivity contribution >= 4 is 39.8 Å². The van der Waals surface area contributed by atoms with Crippen molar-refractivity contribution in [2.45, 2.75) is 18.5 Å². The first-order chi connectivity index (χ1) is 9.67. The second kappa shape index (κ2) is 5.09. The lowest BCUT2D eigenvalue weighted by molar-refractivity contribution is -0.133. The van der Waals surface area contributed by atoms with Gasteiger partial charge in [0.05, 0.1) is 5.75 Å². The maximum absolute atomic E-state index is 10.5. The largest absolute Gasteiger partial charge is 0.481 e. The number of hydrogen-bond donors (Lipinski definition) is 2. The lowest BCUT2D eigenvalue weighted by Gasteiger charge is -1.96. The van der Waals surface area contributed by atoms with Gasteiger partial charge in [0, 0.05) is 10.9 Å². The topological polar surface area (TPSA) is 91.8 Å². The summed E-state index contributed by atoms with van der Waals surface area (Å²) in [7, 11) is 0. The van der Waals surface area contributed by atoms with Gasteiger partial charge in [0.2, 0.25) is 5.16 Å². The second-order valence-corrected chi connectivity index (χ2v) is 5.27. The first kappa shape index (κ1) is 12.9. The molecule has 3 aromatic rings. The normalized spacial score (nSPS) is 11.2. The molecule has 2 heterocycles. The molecule has 3 rings (SSSR count). The van der Waals surface area contributed by atoms with Crippen LogP contribution in [0, 0.1) is 0 Å². The van der Waals surface area contributed by atoms with E-state index < -0.39 is 5.97 Å².